The number of benzene rings is 1. The summed E-state index contributed by atoms with van der Waals surface area (Å²) in [6, 6.07) is 7.36. The number of carboxylic acid groups (broad SMARTS) is 1. The summed E-state index contributed by atoms with van der Waals surface area (Å²) in [6.45, 7) is 4.00. The summed E-state index contributed by atoms with van der Waals surface area (Å²) in [5.41, 5.74) is 0.989. The number of carbonyl (C=O) groups is 2. The number of carboxylic acids is 1. The van der Waals surface area contributed by atoms with E-state index in [9.17, 15) is 19.3 Å². The number of carbonyl (C=O) groups excluding carboxylic acids is 1. The van der Waals surface area contributed by atoms with E-state index in [4.69, 9.17) is 14.3 Å². The van der Waals surface area contributed by atoms with Crippen LogP contribution in [-0.4, -0.2) is 36.2 Å². The Morgan fingerprint density at radius 2 is 1.79 bits per heavy atom. The molecule has 0 bridgehead atoms. The molecule has 0 radical (unpaired) electrons. The molecule has 0 fully saturated rings. The Bertz CT molecular complexity index is 719. The molecule has 0 heterocycles. The van der Waals surface area contributed by atoms with E-state index >= 15 is 0 Å². The Hall–Kier alpha value is -2.20. The van der Waals surface area contributed by atoms with Crippen LogP contribution in [0.5, 0.6) is 0 Å². The lowest BCUT2D eigenvalue weighted by atomic mass is 10.1. The quantitative estimate of drug-likeness (QED) is 0.375. The molecule has 9 heteroatoms. The van der Waals surface area contributed by atoms with Crippen LogP contribution in [0.25, 0.3) is 0 Å². The summed E-state index contributed by atoms with van der Waals surface area (Å²) in [6.07, 6.45) is 1.83. The van der Waals surface area contributed by atoms with E-state index in [0.29, 0.717) is 30.4 Å². The molecule has 0 aliphatic heterocycles. The van der Waals surface area contributed by atoms with Crippen LogP contribution < -0.4 is 5.32 Å². The lowest BCUT2D eigenvalue weighted by Gasteiger charge is -2.17. The molecule has 154 valence electrons. The highest BCUT2D eigenvalue weighted by atomic mass is 31.2. The van der Waals surface area contributed by atoms with Crippen molar-refractivity contribution in [2.75, 3.05) is 13.2 Å². The number of nitrogens with zero attached hydrogens (tertiary/aromatic N) is 1. The second-order valence-corrected chi connectivity index (χ2v) is 8.12. The molecule has 8 nitrogen and oxygen atoms in total. The lowest BCUT2D eigenvalue weighted by Crippen LogP contribution is -2.40. The summed E-state index contributed by atoms with van der Waals surface area (Å²) in [7, 11) is -3.24. The summed E-state index contributed by atoms with van der Waals surface area (Å²) in [5, 5.41) is 20.3. The largest absolute Gasteiger partial charge is 0.480 e. The van der Waals surface area contributed by atoms with Crippen LogP contribution in [0.4, 0.5) is 0 Å². The minimum atomic E-state index is -3.24. The molecule has 1 rings (SSSR count). The molecular weight excluding hydrogens is 383 g/mol. The highest BCUT2D eigenvalue weighted by molar-refractivity contribution is 7.53. The normalized spacial score (nSPS) is 12.2. The number of nitriles is 1. The zero-order chi connectivity index (χ0) is 21.0. The SMILES string of the molecule is CCOP(=O)(Cc1ccc(C(=O)N[C@@H](CCCCC#N)C(=O)O)cc1)OCC. The molecule has 1 amide bonds. The summed E-state index contributed by atoms with van der Waals surface area (Å²) < 4.78 is 23.1. The standard InChI is InChI=1S/C19H27N2O6P/c1-3-26-28(25,27-4-2)14-15-9-11-16(12-10-15)18(22)21-17(19(23)24)8-6-5-7-13-20/h9-12,17H,3-8,14H2,1-2H3,(H,21,22)(H,23,24)/t17-/m0/s1. The predicted molar refractivity (Wildman–Crippen MR) is 104 cm³/mol. The van der Waals surface area contributed by atoms with Crippen LogP contribution in [0.3, 0.4) is 0 Å². The molecule has 0 aliphatic rings. The van der Waals surface area contributed by atoms with Gasteiger partial charge in [0.2, 0.25) is 0 Å². The number of aliphatic carboxylic acids is 1. The second-order valence-electron chi connectivity index (χ2n) is 6.07. The molecule has 28 heavy (non-hydrogen) atoms. The molecule has 1 aromatic rings. The van der Waals surface area contributed by atoms with Gasteiger partial charge in [0.1, 0.15) is 6.04 Å². The second kappa shape index (κ2) is 12.3. The van der Waals surface area contributed by atoms with Crippen LogP contribution in [-0.2, 0) is 24.6 Å². The van der Waals surface area contributed by atoms with E-state index in [-0.39, 0.29) is 25.8 Å². The fourth-order valence-electron chi connectivity index (χ4n) is 2.56. The molecule has 2 N–H and O–H groups in total. The Morgan fingerprint density at radius 3 is 2.29 bits per heavy atom. The van der Waals surface area contributed by atoms with E-state index in [1.165, 1.54) is 0 Å². The van der Waals surface area contributed by atoms with Crippen molar-refractivity contribution in [1.29, 1.82) is 5.26 Å². The molecule has 0 saturated carbocycles. The van der Waals surface area contributed by atoms with Gasteiger partial charge in [0.25, 0.3) is 5.91 Å². The first-order valence-corrected chi connectivity index (χ1v) is 11.0. The summed E-state index contributed by atoms with van der Waals surface area (Å²) in [4.78, 5) is 23.6. The maximum absolute atomic E-state index is 12.6. The van der Waals surface area contributed by atoms with Gasteiger partial charge in [-0.15, -0.1) is 0 Å². The van der Waals surface area contributed by atoms with Crippen LogP contribution in [0.1, 0.15) is 55.5 Å². The van der Waals surface area contributed by atoms with Crippen molar-refractivity contribution in [2.45, 2.75) is 51.7 Å². The molecule has 1 aromatic carbocycles. The van der Waals surface area contributed by atoms with Gasteiger partial charge in [0, 0.05) is 12.0 Å². The van der Waals surface area contributed by atoms with Gasteiger partial charge < -0.3 is 19.5 Å². The highest BCUT2D eigenvalue weighted by Crippen LogP contribution is 2.51. The van der Waals surface area contributed by atoms with Crippen molar-refractivity contribution in [1.82, 2.24) is 5.32 Å². The monoisotopic (exact) mass is 410 g/mol. The van der Waals surface area contributed by atoms with Crippen molar-refractivity contribution in [3.05, 3.63) is 35.4 Å². The van der Waals surface area contributed by atoms with Crippen molar-refractivity contribution < 1.29 is 28.3 Å². The maximum atomic E-state index is 12.6. The van der Waals surface area contributed by atoms with E-state index in [1.54, 1.807) is 38.1 Å². The average Bonchev–Trinajstić information content (AvgIpc) is 2.64. The van der Waals surface area contributed by atoms with E-state index < -0.39 is 25.5 Å². The van der Waals surface area contributed by atoms with Crippen molar-refractivity contribution in [3.63, 3.8) is 0 Å². The fourth-order valence-corrected chi connectivity index (χ4v) is 4.26. The molecule has 0 aromatic heterocycles. The minimum Gasteiger partial charge on any atom is -0.480 e. The zero-order valence-corrected chi connectivity index (χ0v) is 17.1. The van der Waals surface area contributed by atoms with Gasteiger partial charge in [0.05, 0.1) is 25.4 Å². The Morgan fingerprint density at radius 1 is 1.18 bits per heavy atom. The number of unbranched alkanes of at least 4 members (excludes halogenated alkanes) is 2. The van der Waals surface area contributed by atoms with Crippen molar-refractivity contribution >= 4 is 19.5 Å². The Labute approximate surface area is 165 Å². The van der Waals surface area contributed by atoms with Gasteiger partial charge in [-0.1, -0.05) is 12.1 Å². The Balaban J connectivity index is 2.72. The molecule has 0 saturated heterocycles. The van der Waals surface area contributed by atoms with Gasteiger partial charge in [-0.25, -0.2) is 4.79 Å². The zero-order valence-electron chi connectivity index (χ0n) is 16.2. The highest BCUT2D eigenvalue weighted by Gasteiger charge is 2.24. The van der Waals surface area contributed by atoms with Gasteiger partial charge >= 0.3 is 13.6 Å². The fraction of sp³-hybridized carbons (Fsp3) is 0.526. The number of hydrogen-bond donors (Lipinski definition) is 2. The minimum absolute atomic E-state index is 0.0905. The Kier molecular flexibility index (Phi) is 10.5. The first-order chi connectivity index (χ1) is 13.3. The maximum Gasteiger partial charge on any atom is 0.335 e. The molecular formula is C19H27N2O6P. The van der Waals surface area contributed by atoms with Crippen molar-refractivity contribution in [3.8, 4) is 6.07 Å². The molecule has 0 unspecified atom stereocenters. The topological polar surface area (TPSA) is 126 Å². The van der Waals surface area contributed by atoms with Gasteiger partial charge in [-0.2, -0.15) is 5.26 Å². The third-order valence-corrected chi connectivity index (χ3v) is 5.93. The predicted octanol–water partition coefficient (Wildman–Crippen LogP) is 3.72. The number of rotatable bonds is 13. The van der Waals surface area contributed by atoms with E-state index in [0.717, 1.165) is 0 Å². The number of hydrogen-bond acceptors (Lipinski definition) is 6. The van der Waals surface area contributed by atoms with Crippen molar-refractivity contribution in [2.24, 2.45) is 0 Å². The van der Waals surface area contributed by atoms with Gasteiger partial charge in [0.15, 0.2) is 0 Å². The summed E-state index contributed by atoms with van der Waals surface area (Å²) in [5.74, 6) is -1.62. The third kappa shape index (κ3) is 8.22. The first-order valence-electron chi connectivity index (χ1n) is 9.23. The molecule has 0 spiro atoms. The van der Waals surface area contributed by atoms with Crippen LogP contribution in [0.15, 0.2) is 24.3 Å². The first kappa shape index (κ1) is 23.8. The van der Waals surface area contributed by atoms with E-state index in [2.05, 4.69) is 5.32 Å². The van der Waals surface area contributed by atoms with Crippen LogP contribution in [0.2, 0.25) is 0 Å². The van der Waals surface area contributed by atoms with E-state index in [1.807, 2.05) is 6.07 Å². The van der Waals surface area contributed by atoms with Crippen LogP contribution in [0, 0.1) is 11.3 Å². The summed E-state index contributed by atoms with van der Waals surface area (Å²) >= 11 is 0. The molecule has 1 atom stereocenters. The van der Waals surface area contributed by atoms with Gasteiger partial charge in [-0.05, 0) is 50.8 Å². The number of nitrogens with one attached hydrogen (secondary N) is 1. The third-order valence-electron chi connectivity index (χ3n) is 3.88. The lowest BCUT2D eigenvalue weighted by molar-refractivity contribution is -0.139. The van der Waals surface area contributed by atoms with Gasteiger partial charge in [-0.3, -0.25) is 9.36 Å². The smallest absolute Gasteiger partial charge is 0.335 e. The molecule has 0 aliphatic carbocycles. The van der Waals surface area contributed by atoms with Crippen LogP contribution >= 0.6 is 7.60 Å². The number of amides is 1. The average molecular weight is 410 g/mol.